The molecule has 1 nitrogen and oxygen atoms in total. The molecule has 0 spiro atoms. The van der Waals surface area contributed by atoms with Crippen molar-refractivity contribution in [1.82, 2.24) is 0 Å². The second-order valence-corrected chi connectivity index (χ2v) is 2.96. The molecule has 1 heteroatoms. The standard InChI is InChI=1S/C11H18O/c1-4-7-9-11(12,6-3)10-8-5-2/h4-6,12H,1-3,7-10H2. The van der Waals surface area contributed by atoms with Crippen LogP contribution < -0.4 is 0 Å². The first-order valence-corrected chi connectivity index (χ1v) is 4.26. The van der Waals surface area contributed by atoms with Gasteiger partial charge in [-0.1, -0.05) is 18.2 Å². The van der Waals surface area contributed by atoms with Crippen molar-refractivity contribution >= 4 is 0 Å². The van der Waals surface area contributed by atoms with Gasteiger partial charge in [0.2, 0.25) is 0 Å². The highest BCUT2D eigenvalue weighted by Gasteiger charge is 2.19. The molecule has 0 saturated heterocycles. The summed E-state index contributed by atoms with van der Waals surface area (Å²) >= 11 is 0. The van der Waals surface area contributed by atoms with Gasteiger partial charge in [-0.15, -0.1) is 19.7 Å². The van der Waals surface area contributed by atoms with Crippen LogP contribution in [0, 0.1) is 0 Å². The fourth-order valence-electron chi connectivity index (χ4n) is 1.03. The lowest BCUT2D eigenvalue weighted by atomic mass is 9.92. The zero-order valence-electron chi connectivity index (χ0n) is 7.63. The smallest absolute Gasteiger partial charge is 0.0831 e. The topological polar surface area (TPSA) is 20.2 Å². The molecular weight excluding hydrogens is 148 g/mol. The van der Waals surface area contributed by atoms with Gasteiger partial charge in [-0.3, -0.25) is 0 Å². The van der Waals surface area contributed by atoms with Gasteiger partial charge in [0.15, 0.2) is 0 Å². The second kappa shape index (κ2) is 5.78. The molecule has 0 aromatic carbocycles. The van der Waals surface area contributed by atoms with Crippen LogP contribution in [-0.2, 0) is 0 Å². The maximum absolute atomic E-state index is 9.87. The summed E-state index contributed by atoms with van der Waals surface area (Å²) < 4.78 is 0. The molecule has 0 radical (unpaired) electrons. The van der Waals surface area contributed by atoms with E-state index in [9.17, 15) is 5.11 Å². The van der Waals surface area contributed by atoms with Gasteiger partial charge in [-0.05, 0) is 25.7 Å². The zero-order valence-corrected chi connectivity index (χ0v) is 7.63. The molecule has 0 atom stereocenters. The van der Waals surface area contributed by atoms with E-state index in [1.54, 1.807) is 6.08 Å². The fourth-order valence-corrected chi connectivity index (χ4v) is 1.03. The van der Waals surface area contributed by atoms with Crippen LogP contribution >= 0.6 is 0 Å². The Morgan fingerprint density at radius 2 is 1.42 bits per heavy atom. The Morgan fingerprint density at radius 3 is 1.67 bits per heavy atom. The highest BCUT2D eigenvalue weighted by atomic mass is 16.3. The number of rotatable bonds is 7. The number of allylic oxidation sites excluding steroid dienone is 2. The lowest BCUT2D eigenvalue weighted by Gasteiger charge is -2.22. The van der Waals surface area contributed by atoms with Gasteiger partial charge in [0.1, 0.15) is 0 Å². The van der Waals surface area contributed by atoms with Crippen LogP contribution in [0.1, 0.15) is 25.7 Å². The molecule has 0 amide bonds. The molecule has 0 aliphatic carbocycles. The van der Waals surface area contributed by atoms with E-state index in [2.05, 4.69) is 19.7 Å². The third-order valence-electron chi connectivity index (χ3n) is 1.94. The Morgan fingerprint density at radius 1 is 1.00 bits per heavy atom. The summed E-state index contributed by atoms with van der Waals surface area (Å²) in [4.78, 5) is 0. The molecule has 0 rings (SSSR count). The average molecular weight is 166 g/mol. The summed E-state index contributed by atoms with van der Waals surface area (Å²) in [6.45, 7) is 10.8. The Kier molecular flexibility index (Phi) is 5.39. The second-order valence-electron chi connectivity index (χ2n) is 2.96. The third kappa shape index (κ3) is 4.14. The Labute approximate surface area is 75.1 Å². The molecule has 0 aliphatic heterocycles. The van der Waals surface area contributed by atoms with E-state index in [4.69, 9.17) is 0 Å². The molecule has 0 fully saturated rings. The van der Waals surface area contributed by atoms with E-state index in [0.717, 1.165) is 12.8 Å². The summed E-state index contributed by atoms with van der Waals surface area (Å²) in [5.41, 5.74) is -0.734. The van der Waals surface area contributed by atoms with Crippen LogP contribution in [0.4, 0.5) is 0 Å². The van der Waals surface area contributed by atoms with Crippen molar-refractivity contribution in [1.29, 1.82) is 0 Å². The summed E-state index contributed by atoms with van der Waals surface area (Å²) in [6.07, 6.45) is 8.27. The third-order valence-corrected chi connectivity index (χ3v) is 1.94. The van der Waals surface area contributed by atoms with Crippen molar-refractivity contribution in [2.24, 2.45) is 0 Å². The van der Waals surface area contributed by atoms with Crippen molar-refractivity contribution in [2.45, 2.75) is 31.3 Å². The Hall–Kier alpha value is -0.820. The Balaban J connectivity index is 3.93. The van der Waals surface area contributed by atoms with E-state index < -0.39 is 5.60 Å². The first kappa shape index (κ1) is 11.2. The van der Waals surface area contributed by atoms with Crippen molar-refractivity contribution < 1.29 is 5.11 Å². The zero-order chi connectivity index (χ0) is 9.45. The largest absolute Gasteiger partial charge is 0.386 e. The molecule has 0 heterocycles. The monoisotopic (exact) mass is 166 g/mol. The van der Waals surface area contributed by atoms with E-state index in [1.807, 2.05) is 12.2 Å². The maximum atomic E-state index is 9.87. The predicted octanol–water partition coefficient (Wildman–Crippen LogP) is 2.84. The van der Waals surface area contributed by atoms with Crippen LogP contribution in [0.15, 0.2) is 38.0 Å². The van der Waals surface area contributed by atoms with Crippen molar-refractivity contribution in [2.75, 3.05) is 0 Å². The van der Waals surface area contributed by atoms with Gasteiger partial charge in [0, 0.05) is 0 Å². The molecule has 0 saturated carbocycles. The lowest BCUT2D eigenvalue weighted by Crippen LogP contribution is -2.24. The molecular formula is C11H18O. The van der Waals surface area contributed by atoms with Crippen LogP contribution in [0.5, 0.6) is 0 Å². The van der Waals surface area contributed by atoms with E-state index >= 15 is 0 Å². The molecule has 0 aromatic heterocycles. The fraction of sp³-hybridized carbons (Fsp3) is 0.455. The summed E-state index contributed by atoms with van der Waals surface area (Å²) in [5, 5.41) is 9.87. The van der Waals surface area contributed by atoms with Crippen molar-refractivity contribution in [3.8, 4) is 0 Å². The Bertz CT molecular complexity index is 146. The van der Waals surface area contributed by atoms with Gasteiger partial charge in [0.25, 0.3) is 0 Å². The average Bonchev–Trinajstić information content (AvgIpc) is 2.11. The lowest BCUT2D eigenvalue weighted by molar-refractivity contribution is 0.0747. The van der Waals surface area contributed by atoms with E-state index in [1.165, 1.54) is 0 Å². The molecule has 0 aliphatic rings. The van der Waals surface area contributed by atoms with Crippen LogP contribution in [0.3, 0.4) is 0 Å². The number of hydrogen-bond donors (Lipinski definition) is 1. The molecule has 0 bridgehead atoms. The van der Waals surface area contributed by atoms with Crippen LogP contribution in [-0.4, -0.2) is 10.7 Å². The van der Waals surface area contributed by atoms with Crippen LogP contribution in [0.2, 0.25) is 0 Å². The van der Waals surface area contributed by atoms with Crippen LogP contribution in [0.25, 0.3) is 0 Å². The first-order valence-electron chi connectivity index (χ1n) is 4.26. The minimum atomic E-state index is -0.734. The van der Waals surface area contributed by atoms with Crippen molar-refractivity contribution in [3.05, 3.63) is 38.0 Å². The first-order chi connectivity index (χ1) is 5.68. The number of aliphatic hydroxyl groups is 1. The molecule has 1 N–H and O–H groups in total. The summed E-state index contributed by atoms with van der Waals surface area (Å²) in [7, 11) is 0. The summed E-state index contributed by atoms with van der Waals surface area (Å²) in [5.74, 6) is 0. The van der Waals surface area contributed by atoms with Crippen molar-refractivity contribution in [3.63, 3.8) is 0 Å². The molecule has 68 valence electrons. The predicted molar refractivity (Wildman–Crippen MR) is 54.0 cm³/mol. The maximum Gasteiger partial charge on any atom is 0.0831 e. The normalized spacial score (nSPS) is 10.8. The van der Waals surface area contributed by atoms with Gasteiger partial charge >= 0.3 is 0 Å². The summed E-state index contributed by atoms with van der Waals surface area (Å²) in [6, 6.07) is 0. The minimum absolute atomic E-state index is 0.702. The number of hydrogen-bond acceptors (Lipinski definition) is 1. The quantitative estimate of drug-likeness (QED) is 0.577. The van der Waals surface area contributed by atoms with Gasteiger partial charge in [-0.2, -0.15) is 0 Å². The molecule has 0 unspecified atom stereocenters. The van der Waals surface area contributed by atoms with Gasteiger partial charge < -0.3 is 5.11 Å². The SMILES string of the molecule is C=CCCC(O)(C=C)CCC=C. The van der Waals surface area contributed by atoms with Gasteiger partial charge in [0.05, 0.1) is 5.60 Å². The van der Waals surface area contributed by atoms with Gasteiger partial charge in [-0.25, -0.2) is 0 Å². The highest BCUT2D eigenvalue weighted by Crippen LogP contribution is 2.20. The van der Waals surface area contributed by atoms with E-state index in [0.29, 0.717) is 12.8 Å². The minimum Gasteiger partial charge on any atom is -0.386 e. The molecule has 0 aromatic rings. The molecule has 12 heavy (non-hydrogen) atoms. The highest BCUT2D eigenvalue weighted by molar-refractivity contribution is 4.97. The van der Waals surface area contributed by atoms with E-state index in [-0.39, 0.29) is 0 Å².